The molecule has 0 amide bonds. The molecule has 0 radical (unpaired) electrons. The molecule has 148 valence electrons. The highest BCUT2D eigenvalue weighted by molar-refractivity contribution is 7.66. The molecule has 0 saturated carbocycles. The second-order valence-corrected chi connectivity index (χ2v) is 12.4. The number of unbranched alkanes of at least 4 members (excludes halogenated alkanes) is 4. The standard InChI is InChI=1S/C25H38P2/c1-3-5-13-20-26(24-16-9-7-10-17-24)22-15-23-27(21-14-6-4-2)25-18-11-8-12-19-25/h7-12,16-19H,3-6,13-15,20-23H2,1-2H3. The molecule has 0 aliphatic rings. The van der Waals surface area contributed by atoms with Crippen LogP contribution in [0.1, 0.15) is 58.8 Å². The molecule has 0 N–H and O–H groups in total. The zero-order valence-electron chi connectivity index (χ0n) is 17.4. The highest BCUT2D eigenvalue weighted by atomic mass is 31.1. The molecule has 0 aromatic heterocycles. The van der Waals surface area contributed by atoms with Crippen molar-refractivity contribution in [3.8, 4) is 0 Å². The van der Waals surface area contributed by atoms with Gasteiger partial charge in [0.05, 0.1) is 0 Å². The Morgan fingerprint density at radius 1 is 0.481 bits per heavy atom. The van der Waals surface area contributed by atoms with Crippen LogP contribution in [0.2, 0.25) is 0 Å². The fourth-order valence-corrected chi connectivity index (χ4v) is 8.78. The second kappa shape index (κ2) is 14.3. The maximum absolute atomic E-state index is 2.37. The Kier molecular flexibility index (Phi) is 12.0. The summed E-state index contributed by atoms with van der Waals surface area (Å²) in [7, 11) is 0.0549. The van der Waals surface area contributed by atoms with Crippen LogP contribution in [0, 0.1) is 0 Å². The first-order valence-electron chi connectivity index (χ1n) is 10.9. The lowest BCUT2D eigenvalue weighted by Gasteiger charge is -2.22. The van der Waals surface area contributed by atoms with Gasteiger partial charge in [-0.25, -0.2) is 0 Å². The summed E-state index contributed by atoms with van der Waals surface area (Å²) in [5.74, 6) is 0. The van der Waals surface area contributed by atoms with Crippen molar-refractivity contribution in [1.82, 2.24) is 0 Å². The summed E-state index contributed by atoms with van der Waals surface area (Å²) < 4.78 is 0. The maximum atomic E-state index is 2.37. The molecule has 2 aromatic rings. The van der Waals surface area contributed by atoms with E-state index in [0.29, 0.717) is 0 Å². The second-order valence-electron chi connectivity index (χ2n) is 7.41. The minimum absolute atomic E-state index is 0.0275. The quantitative estimate of drug-likeness (QED) is 0.229. The first-order chi connectivity index (χ1) is 13.3. The molecule has 0 heterocycles. The van der Waals surface area contributed by atoms with Crippen LogP contribution in [0.5, 0.6) is 0 Å². The van der Waals surface area contributed by atoms with Crippen LogP contribution < -0.4 is 10.6 Å². The van der Waals surface area contributed by atoms with Gasteiger partial charge in [-0.3, -0.25) is 0 Å². The summed E-state index contributed by atoms with van der Waals surface area (Å²) in [6, 6.07) is 22.7. The van der Waals surface area contributed by atoms with Crippen molar-refractivity contribution >= 4 is 26.5 Å². The average Bonchev–Trinajstić information content (AvgIpc) is 2.73. The Morgan fingerprint density at radius 3 is 1.22 bits per heavy atom. The van der Waals surface area contributed by atoms with Crippen molar-refractivity contribution in [1.29, 1.82) is 0 Å². The summed E-state index contributed by atoms with van der Waals surface area (Å²) in [4.78, 5) is 0. The van der Waals surface area contributed by atoms with E-state index in [2.05, 4.69) is 74.5 Å². The molecule has 2 aromatic carbocycles. The zero-order chi connectivity index (χ0) is 19.2. The Bertz CT molecular complexity index is 528. The first kappa shape index (κ1) is 22.6. The molecule has 0 fully saturated rings. The van der Waals surface area contributed by atoms with Gasteiger partial charge in [0.25, 0.3) is 0 Å². The predicted octanol–water partition coefficient (Wildman–Crippen LogP) is 7.37. The van der Waals surface area contributed by atoms with Crippen LogP contribution in [0.3, 0.4) is 0 Å². The van der Waals surface area contributed by atoms with Crippen molar-refractivity contribution in [3.05, 3.63) is 60.7 Å². The Morgan fingerprint density at radius 2 is 0.852 bits per heavy atom. The van der Waals surface area contributed by atoms with Crippen LogP contribution in [-0.2, 0) is 0 Å². The molecule has 0 nitrogen and oxygen atoms in total. The largest absolute Gasteiger partial charge is 0.0753 e. The van der Waals surface area contributed by atoms with E-state index < -0.39 is 0 Å². The van der Waals surface area contributed by atoms with Gasteiger partial charge in [-0.05, 0) is 54.5 Å². The van der Waals surface area contributed by atoms with E-state index in [0.717, 1.165) is 0 Å². The van der Waals surface area contributed by atoms with Crippen LogP contribution in [0.4, 0.5) is 0 Å². The fraction of sp³-hybridized carbons (Fsp3) is 0.520. The van der Waals surface area contributed by atoms with E-state index in [1.807, 2.05) is 0 Å². The molecule has 2 rings (SSSR count). The lowest BCUT2D eigenvalue weighted by molar-refractivity contribution is 0.774. The van der Waals surface area contributed by atoms with Crippen LogP contribution in [0.25, 0.3) is 0 Å². The minimum Gasteiger partial charge on any atom is -0.0753 e. The minimum atomic E-state index is 0.0275. The number of benzene rings is 2. The summed E-state index contributed by atoms with van der Waals surface area (Å²) in [6.07, 6.45) is 15.3. The maximum Gasteiger partial charge on any atom is -0.0240 e. The summed E-state index contributed by atoms with van der Waals surface area (Å²) >= 11 is 0. The van der Waals surface area contributed by atoms with Crippen LogP contribution in [0.15, 0.2) is 60.7 Å². The molecule has 0 saturated heterocycles. The van der Waals surface area contributed by atoms with Gasteiger partial charge in [0, 0.05) is 0 Å². The Labute approximate surface area is 170 Å². The van der Waals surface area contributed by atoms with Gasteiger partial charge in [0.15, 0.2) is 0 Å². The summed E-state index contributed by atoms with van der Waals surface area (Å²) in [5.41, 5.74) is 0. The van der Waals surface area contributed by atoms with E-state index in [-0.39, 0.29) is 15.8 Å². The van der Waals surface area contributed by atoms with Gasteiger partial charge >= 0.3 is 0 Å². The molecule has 2 heteroatoms. The number of hydrogen-bond acceptors (Lipinski definition) is 0. The molecule has 0 aliphatic carbocycles. The monoisotopic (exact) mass is 400 g/mol. The van der Waals surface area contributed by atoms with E-state index in [9.17, 15) is 0 Å². The summed E-state index contributed by atoms with van der Waals surface area (Å²) in [5, 5.41) is 3.25. The highest BCUT2D eigenvalue weighted by Gasteiger charge is 2.14. The van der Waals surface area contributed by atoms with Crippen molar-refractivity contribution in [2.24, 2.45) is 0 Å². The van der Waals surface area contributed by atoms with Gasteiger partial charge in [-0.2, -0.15) is 0 Å². The van der Waals surface area contributed by atoms with Gasteiger partial charge in [-0.1, -0.05) is 116 Å². The van der Waals surface area contributed by atoms with Gasteiger partial charge in [0.2, 0.25) is 0 Å². The SMILES string of the molecule is CCCCCP(CCCP(CCCCC)c1ccccc1)c1ccccc1. The molecule has 2 unspecified atom stereocenters. The zero-order valence-corrected chi connectivity index (χ0v) is 19.2. The third kappa shape index (κ3) is 8.89. The number of hydrogen-bond donors (Lipinski definition) is 0. The Hall–Kier alpha value is -0.700. The normalized spacial score (nSPS) is 13.4. The lowest BCUT2D eigenvalue weighted by atomic mass is 10.3. The third-order valence-electron chi connectivity index (χ3n) is 5.16. The molecular weight excluding hydrogens is 362 g/mol. The lowest BCUT2D eigenvalue weighted by Crippen LogP contribution is -2.10. The van der Waals surface area contributed by atoms with Crippen molar-refractivity contribution < 1.29 is 0 Å². The highest BCUT2D eigenvalue weighted by Crippen LogP contribution is 2.41. The molecule has 0 aliphatic heterocycles. The molecular formula is C25H38P2. The molecule has 27 heavy (non-hydrogen) atoms. The fourth-order valence-electron chi connectivity index (χ4n) is 3.58. The Balaban J connectivity index is 1.92. The molecule has 0 spiro atoms. The van der Waals surface area contributed by atoms with Crippen LogP contribution >= 0.6 is 15.8 Å². The van der Waals surface area contributed by atoms with Gasteiger partial charge < -0.3 is 0 Å². The smallest absolute Gasteiger partial charge is 0.0240 e. The average molecular weight is 401 g/mol. The van der Waals surface area contributed by atoms with Crippen molar-refractivity contribution in [3.63, 3.8) is 0 Å². The van der Waals surface area contributed by atoms with E-state index in [4.69, 9.17) is 0 Å². The first-order valence-corrected chi connectivity index (χ1v) is 14.4. The van der Waals surface area contributed by atoms with E-state index >= 15 is 0 Å². The number of rotatable bonds is 14. The topological polar surface area (TPSA) is 0 Å². The summed E-state index contributed by atoms with van der Waals surface area (Å²) in [6.45, 7) is 4.63. The van der Waals surface area contributed by atoms with Crippen molar-refractivity contribution in [2.75, 3.05) is 24.6 Å². The third-order valence-corrected chi connectivity index (χ3v) is 10.6. The predicted molar refractivity (Wildman–Crippen MR) is 129 cm³/mol. The van der Waals surface area contributed by atoms with Gasteiger partial charge in [-0.15, -0.1) is 0 Å². The van der Waals surface area contributed by atoms with Gasteiger partial charge in [0.1, 0.15) is 0 Å². The molecule has 2 atom stereocenters. The van der Waals surface area contributed by atoms with Crippen LogP contribution in [-0.4, -0.2) is 24.6 Å². The van der Waals surface area contributed by atoms with E-state index in [1.165, 1.54) is 69.6 Å². The van der Waals surface area contributed by atoms with Crippen molar-refractivity contribution in [2.45, 2.75) is 58.8 Å². The molecule has 0 bridgehead atoms. The van der Waals surface area contributed by atoms with E-state index in [1.54, 1.807) is 10.6 Å².